The molecule has 0 radical (unpaired) electrons. The third-order valence-corrected chi connectivity index (χ3v) is 4.24. The number of rotatable bonds is 5. The molecule has 2 nitrogen and oxygen atoms in total. The van der Waals surface area contributed by atoms with Crippen LogP contribution >= 0.6 is 15.9 Å². The first kappa shape index (κ1) is 15.1. The van der Waals surface area contributed by atoms with Gasteiger partial charge in [0, 0.05) is 23.8 Å². The molecule has 0 amide bonds. The van der Waals surface area contributed by atoms with E-state index in [-0.39, 0.29) is 6.10 Å². The Hall–Kier alpha value is -1.32. The first-order valence-corrected chi connectivity index (χ1v) is 7.63. The summed E-state index contributed by atoms with van der Waals surface area (Å²) in [6.07, 6.45) is 0.379. The van der Waals surface area contributed by atoms with Gasteiger partial charge in [0.2, 0.25) is 0 Å². The van der Waals surface area contributed by atoms with E-state index in [9.17, 15) is 5.11 Å². The van der Waals surface area contributed by atoms with Gasteiger partial charge in [-0.2, -0.15) is 0 Å². The molecule has 2 aromatic carbocycles. The Morgan fingerprint density at radius 3 is 2.35 bits per heavy atom. The highest BCUT2D eigenvalue weighted by molar-refractivity contribution is 9.10. The normalized spacial score (nSPS) is 12.2. The number of benzene rings is 2. The van der Waals surface area contributed by atoms with Crippen molar-refractivity contribution in [1.82, 2.24) is 0 Å². The number of hydrogen-bond acceptors (Lipinski definition) is 2. The minimum absolute atomic E-state index is 0.363. The molecule has 1 atom stereocenters. The highest BCUT2D eigenvalue weighted by Gasteiger charge is 2.07. The molecule has 2 aromatic rings. The van der Waals surface area contributed by atoms with Gasteiger partial charge in [-0.25, -0.2) is 0 Å². The van der Waals surface area contributed by atoms with Crippen molar-refractivity contribution in [3.63, 3.8) is 0 Å². The first-order valence-electron chi connectivity index (χ1n) is 6.84. The largest absolute Gasteiger partial charge is 0.388 e. The maximum absolute atomic E-state index is 9.81. The zero-order valence-corrected chi connectivity index (χ0v) is 13.5. The fraction of sp³-hybridized carbons (Fsp3) is 0.294. The van der Waals surface area contributed by atoms with Crippen LogP contribution in [0.15, 0.2) is 53.0 Å². The smallest absolute Gasteiger partial charge is 0.0787 e. The third kappa shape index (κ3) is 3.62. The summed E-state index contributed by atoms with van der Waals surface area (Å²) in [6.45, 7) is 2.83. The molecule has 106 valence electrons. The molecule has 0 unspecified atom stereocenters. The topological polar surface area (TPSA) is 23.5 Å². The molecule has 0 saturated carbocycles. The molecule has 0 heterocycles. The molecule has 0 aromatic heterocycles. The van der Waals surface area contributed by atoms with E-state index in [0.717, 1.165) is 28.7 Å². The van der Waals surface area contributed by atoms with Crippen LogP contribution in [0.2, 0.25) is 0 Å². The number of aliphatic hydroxyl groups excluding tert-OH is 1. The standard InChI is InChI=1S/C17H20BrNO/c1-3-17(20)13-8-10-15(11-9-13)19(2)12-14-6-4-5-7-16(14)18/h4-11,17,20H,3,12H2,1-2H3/t17-/m1/s1. The van der Waals surface area contributed by atoms with Gasteiger partial charge in [-0.1, -0.05) is 53.2 Å². The summed E-state index contributed by atoms with van der Waals surface area (Å²) in [5, 5.41) is 9.81. The van der Waals surface area contributed by atoms with Gasteiger partial charge in [0.15, 0.2) is 0 Å². The number of halogens is 1. The van der Waals surface area contributed by atoms with Crippen LogP contribution in [0.1, 0.15) is 30.6 Å². The average molecular weight is 334 g/mol. The molecule has 0 spiro atoms. The fourth-order valence-corrected chi connectivity index (χ4v) is 2.57. The number of nitrogens with zero attached hydrogens (tertiary/aromatic N) is 1. The van der Waals surface area contributed by atoms with Gasteiger partial charge in [0.25, 0.3) is 0 Å². The Morgan fingerprint density at radius 1 is 1.10 bits per heavy atom. The van der Waals surface area contributed by atoms with Crippen LogP contribution in [0, 0.1) is 0 Å². The Bertz CT molecular complexity index is 553. The van der Waals surface area contributed by atoms with E-state index < -0.39 is 0 Å². The fourth-order valence-electron chi connectivity index (χ4n) is 2.16. The zero-order chi connectivity index (χ0) is 14.5. The number of anilines is 1. The first-order chi connectivity index (χ1) is 9.61. The van der Waals surface area contributed by atoms with Crippen molar-refractivity contribution < 1.29 is 5.11 Å². The highest BCUT2D eigenvalue weighted by atomic mass is 79.9. The summed E-state index contributed by atoms with van der Waals surface area (Å²) in [4.78, 5) is 2.20. The Morgan fingerprint density at radius 2 is 1.75 bits per heavy atom. The maximum Gasteiger partial charge on any atom is 0.0787 e. The van der Waals surface area contributed by atoms with E-state index in [1.54, 1.807) is 0 Å². The Balaban J connectivity index is 2.10. The molecule has 1 N–H and O–H groups in total. The Labute approximate surface area is 129 Å². The molecule has 0 saturated heterocycles. The number of hydrogen-bond donors (Lipinski definition) is 1. The van der Waals surface area contributed by atoms with Gasteiger partial charge in [0.1, 0.15) is 0 Å². The van der Waals surface area contributed by atoms with Crippen molar-refractivity contribution in [2.45, 2.75) is 26.0 Å². The monoisotopic (exact) mass is 333 g/mol. The molecule has 0 bridgehead atoms. The average Bonchev–Trinajstić information content (AvgIpc) is 2.49. The van der Waals surface area contributed by atoms with Crippen molar-refractivity contribution >= 4 is 21.6 Å². The van der Waals surface area contributed by atoms with Gasteiger partial charge in [-0.05, 0) is 35.7 Å². The molecule has 3 heteroatoms. The molecular formula is C17H20BrNO. The Kier molecular flexibility index (Phi) is 5.21. The van der Waals surface area contributed by atoms with Crippen molar-refractivity contribution in [2.75, 3.05) is 11.9 Å². The second kappa shape index (κ2) is 6.91. The summed E-state index contributed by atoms with van der Waals surface area (Å²) in [6, 6.07) is 16.4. The summed E-state index contributed by atoms with van der Waals surface area (Å²) >= 11 is 3.58. The SMILES string of the molecule is CC[C@@H](O)c1ccc(N(C)Cc2ccccc2Br)cc1. The van der Waals surface area contributed by atoms with Crippen LogP contribution in [0.25, 0.3) is 0 Å². The second-order valence-corrected chi connectivity index (χ2v) is 5.82. The van der Waals surface area contributed by atoms with Gasteiger partial charge >= 0.3 is 0 Å². The van der Waals surface area contributed by atoms with E-state index in [2.05, 4.69) is 58.2 Å². The molecule has 0 aliphatic heterocycles. The van der Waals surface area contributed by atoms with Crippen LogP contribution in [-0.2, 0) is 6.54 Å². The predicted octanol–water partition coefficient (Wildman–Crippen LogP) is 4.53. The van der Waals surface area contributed by atoms with Gasteiger partial charge in [-0.3, -0.25) is 0 Å². The third-order valence-electron chi connectivity index (χ3n) is 3.47. The molecule has 0 aliphatic carbocycles. The van der Waals surface area contributed by atoms with E-state index in [1.807, 2.05) is 25.1 Å². The molecule has 0 fully saturated rings. The summed E-state index contributed by atoms with van der Waals surface area (Å²) in [5.41, 5.74) is 3.38. The number of aliphatic hydroxyl groups is 1. The van der Waals surface area contributed by atoms with E-state index in [0.29, 0.717) is 0 Å². The van der Waals surface area contributed by atoms with E-state index >= 15 is 0 Å². The van der Waals surface area contributed by atoms with Gasteiger partial charge in [-0.15, -0.1) is 0 Å². The van der Waals surface area contributed by atoms with E-state index in [1.165, 1.54) is 5.56 Å². The van der Waals surface area contributed by atoms with Crippen molar-refractivity contribution in [2.24, 2.45) is 0 Å². The van der Waals surface area contributed by atoms with Crippen molar-refractivity contribution in [3.05, 3.63) is 64.1 Å². The summed E-state index contributed by atoms with van der Waals surface area (Å²) < 4.78 is 1.13. The lowest BCUT2D eigenvalue weighted by Crippen LogP contribution is -2.16. The van der Waals surface area contributed by atoms with Crippen molar-refractivity contribution in [3.8, 4) is 0 Å². The predicted molar refractivity (Wildman–Crippen MR) is 87.9 cm³/mol. The lowest BCUT2D eigenvalue weighted by atomic mass is 10.1. The lowest BCUT2D eigenvalue weighted by molar-refractivity contribution is 0.173. The van der Waals surface area contributed by atoms with E-state index in [4.69, 9.17) is 0 Å². The molecular weight excluding hydrogens is 314 g/mol. The zero-order valence-electron chi connectivity index (χ0n) is 11.9. The van der Waals surface area contributed by atoms with Crippen LogP contribution in [0.5, 0.6) is 0 Å². The summed E-state index contributed by atoms with van der Waals surface area (Å²) in [7, 11) is 2.07. The molecule has 0 aliphatic rings. The second-order valence-electron chi connectivity index (χ2n) is 4.96. The van der Waals surface area contributed by atoms with Gasteiger partial charge < -0.3 is 10.0 Å². The maximum atomic E-state index is 9.81. The quantitative estimate of drug-likeness (QED) is 0.868. The van der Waals surface area contributed by atoms with Crippen LogP contribution in [-0.4, -0.2) is 12.2 Å². The minimum atomic E-state index is -0.363. The highest BCUT2D eigenvalue weighted by Crippen LogP contribution is 2.23. The lowest BCUT2D eigenvalue weighted by Gasteiger charge is -2.21. The van der Waals surface area contributed by atoms with Gasteiger partial charge in [0.05, 0.1) is 6.10 Å². The van der Waals surface area contributed by atoms with Crippen LogP contribution < -0.4 is 4.90 Å². The van der Waals surface area contributed by atoms with Crippen molar-refractivity contribution in [1.29, 1.82) is 0 Å². The molecule has 2 rings (SSSR count). The van der Waals surface area contributed by atoms with Crippen LogP contribution in [0.3, 0.4) is 0 Å². The van der Waals surface area contributed by atoms with Crippen LogP contribution in [0.4, 0.5) is 5.69 Å². The molecule has 20 heavy (non-hydrogen) atoms. The minimum Gasteiger partial charge on any atom is -0.388 e. The summed E-state index contributed by atoms with van der Waals surface area (Å²) in [5.74, 6) is 0.